The van der Waals surface area contributed by atoms with Crippen LogP contribution in [0, 0.1) is 0 Å². The zero-order valence-electron chi connectivity index (χ0n) is 30.0. The normalized spacial score (nSPS) is 15.8. The fourth-order valence-corrected chi connectivity index (χ4v) is 8.67. The minimum atomic E-state index is 0.210. The summed E-state index contributed by atoms with van der Waals surface area (Å²) >= 11 is 0. The summed E-state index contributed by atoms with van der Waals surface area (Å²) in [6.45, 7) is 0. The van der Waals surface area contributed by atoms with E-state index in [1.165, 1.54) is 38.8 Å². The highest BCUT2D eigenvalue weighted by molar-refractivity contribution is 6.10. The predicted octanol–water partition coefficient (Wildman–Crippen LogP) is 13.7. The highest BCUT2D eigenvalue weighted by atomic mass is 16.3. The Labute approximate surface area is 319 Å². The molecule has 2 aliphatic rings. The second-order valence-corrected chi connectivity index (χ2v) is 14.3. The van der Waals surface area contributed by atoms with Crippen molar-refractivity contribution < 1.29 is 4.42 Å². The fraction of sp³-hybridized carbons (Fsp3) is 0.0392. The molecule has 4 heteroatoms. The average molecular weight is 706 g/mol. The molecule has 0 saturated carbocycles. The number of aromatic nitrogens is 1. The van der Waals surface area contributed by atoms with Gasteiger partial charge in [0.2, 0.25) is 5.89 Å². The first kappa shape index (κ1) is 31.4. The number of allylic oxidation sites excluding steroid dienone is 2. The van der Waals surface area contributed by atoms with Crippen molar-refractivity contribution in [2.75, 3.05) is 9.80 Å². The van der Waals surface area contributed by atoms with Crippen LogP contribution >= 0.6 is 0 Å². The largest absolute Gasteiger partial charge is 0.435 e. The van der Waals surface area contributed by atoms with Crippen LogP contribution in [-0.2, 0) is 0 Å². The lowest BCUT2D eigenvalue weighted by Gasteiger charge is -2.30. The van der Waals surface area contributed by atoms with E-state index in [0.717, 1.165) is 44.5 Å². The number of para-hydroxylation sites is 1. The molecule has 0 amide bonds. The van der Waals surface area contributed by atoms with E-state index in [1.807, 2.05) is 30.3 Å². The molecule has 9 aromatic rings. The molecular formula is C51H35N3O. The van der Waals surface area contributed by atoms with E-state index in [9.17, 15) is 0 Å². The van der Waals surface area contributed by atoms with E-state index in [-0.39, 0.29) is 12.0 Å². The molecule has 0 spiro atoms. The Bertz CT molecular complexity index is 2940. The summed E-state index contributed by atoms with van der Waals surface area (Å²) in [4.78, 5) is 9.79. The molecule has 4 nitrogen and oxygen atoms in total. The first-order chi connectivity index (χ1) is 27.3. The van der Waals surface area contributed by atoms with E-state index in [2.05, 4.69) is 180 Å². The number of benzene rings is 8. The molecule has 0 bridgehead atoms. The minimum absolute atomic E-state index is 0.210. The molecule has 0 saturated heterocycles. The molecule has 2 atom stereocenters. The zero-order chi connectivity index (χ0) is 36.3. The van der Waals surface area contributed by atoms with Crippen molar-refractivity contribution in [2.45, 2.75) is 12.0 Å². The molecule has 2 heterocycles. The van der Waals surface area contributed by atoms with Crippen molar-refractivity contribution in [3.63, 3.8) is 0 Å². The Balaban J connectivity index is 1.10. The van der Waals surface area contributed by atoms with Crippen LogP contribution in [0.3, 0.4) is 0 Å². The third-order valence-electron chi connectivity index (χ3n) is 11.2. The van der Waals surface area contributed by atoms with Crippen LogP contribution in [0.2, 0.25) is 0 Å². The molecule has 0 fully saturated rings. The van der Waals surface area contributed by atoms with Gasteiger partial charge in [0, 0.05) is 45.0 Å². The first-order valence-corrected chi connectivity index (χ1v) is 18.9. The second kappa shape index (κ2) is 12.8. The molecule has 55 heavy (non-hydrogen) atoms. The van der Waals surface area contributed by atoms with Crippen molar-refractivity contribution in [1.29, 1.82) is 0 Å². The topological polar surface area (TPSA) is 32.5 Å². The van der Waals surface area contributed by atoms with Crippen molar-refractivity contribution in [2.24, 2.45) is 0 Å². The highest BCUT2D eigenvalue weighted by Crippen LogP contribution is 2.51. The minimum Gasteiger partial charge on any atom is -0.435 e. The van der Waals surface area contributed by atoms with Gasteiger partial charge in [-0.1, -0.05) is 133 Å². The molecule has 11 rings (SSSR count). The first-order valence-electron chi connectivity index (χ1n) is 18.9. The van der Waals surface area contributed by atoms with E-state index >= 15 is 0 Å². The van der Waals surface area contributed by atoms with Gasteiger partial charge in [-0.05, 0) is 94.2 Å². The Morgan fingerprint density at radius 2 is 1.27 bits per heavy atom. The number of fused-ring (bicyclic) bond motifs is 7. The van der Waals surface area contributed by atoms with Gasteiger partial charge in [-0.3, -0.25) is 0 Å². The standard InChI is InChI=1S/C51H35N3O/c1-3-14-36(15-4-1)51-52-46-32-31-44-45(50(46)55-51)22-12-24-47(44)53(38-27-25-35(26-28-38)41-21-11-16-34-13-7-8-19-40(34)41)39-29-30-43-42-20-9-10-23-48(42)54(49(43)33-39)37-17-5-2-6-18-37/h1-33,42,48H. The Kier molecular flexibility index (Phi) is 7.27. The Hall–Kier alpha value is -7.17. The van der Waals surface area contributed by atoms with Crippen LogP contribution in [0.1, 0.15) is 11.5 Å². The van der Waals surface area contributed by atoms with Gasteiger partial charge in [0.05, 0.1) is 11.7 Å². The molecule has 1 aromatic heterocycles. The van der Waals surface area contributed by atoms with E-state index in [4.69, 9.17) is 9.40 Å². The summed E-state index contributed by atoms with van der Waals surface area (Å²) < 4.78 is 6.54. The number of rotatable bonds is 6. The number of hydrogen-bond donors (Lipinski definition) is 0. The molecule has 0 N–H and O–H groups in total. The lowest BCUT2D eigenvalue weighted by atomic mass is 9.91. The molecule has 1 aliphatic heterocycles. The summed E-state index contributed by atoms with van der Waals surface area (Å²) in [5, 5.41) is 4.60. The van der Waals surface area contributed by atoms with Crippen molar-refractivity contribution in [3.05, 3.63) is 206 Å². The summed E-state index contributed by atoms with van der Waals surface area (Å²) in [6.07, 6.45) is 9.03. The van der Waals surface area contributed by atoms with E-state index in [0.29, 0.717) is 5.89 Å². The van der Waals surface area contributed by atoms with Crippen LogP contribution in [0.15, 0.2) is 205 Å². The quantitative estimate of drug-likeness (QED) is 0.172. The average Bonchev–Trinajstić information content (AvgIpc) is 3.85. The molecule has 2 unspecified atom stereocenters. The van der Waals surface area contributed by atoms with Crippen LogP contribution in [-0.4, -0.2) is 11.0 Å². The lowest BCUT2D eigenvalue weighted by Crippen LogP contribution is -2.28. The van der Waals surface area contributed by atoms with E-state index in [1.54, 1.807) is 0 Å². The van der Waals surface area contributed by atoms with E-state index < -0.39 is 0 Å². The lowest BCUT2D eigenvalue weighted by molar-refractivity contribution is 0.623. The van der Waals surface area contributed by atoms with Crippen molar-refractivity contribution in [1.82, 2.24) is 4.98 Å². The maximum absolute atomic E-state index is 6.54. The van der Waals surface area contributed by atoms with Gasteiger partial charge >= 0.3 is 0 Å². The second-order valence-electron chi connectivity index (χ2n) is 14.3. The van der Waals surface area contributed by atoms with Crippen LogP contribution in [0.25, 0.3) is 55.2 Å². The van der Waals surface area contributed by atoms with Gasteiger partial charge in [-0.25, -0.2) is 4.98 Å². The Morgan fingerprint density at radius 1 is 0.545 bits per heavy atom. The summed E-state index contributed by atoms with van der Waals surface area (Å²) in [6, 6.07) is 63.0. The molecule has 0 radical (unpaired) electrons. The molecule has 8 aromatic carbocycles. The summed E-state index contributed by atoms with van der Waals surface area (Å²) in [5.74, 6) is 0.900. The summed E-state index contributed by atoms with van der Waals surface area (Å²) in [5.41, 5.74) is 12.0. The number of oxazole rings is 1. The Morgan fingerprint density at radius 3 is 2.15 bits per heavy atom. The van der Waals surface area contributed by atoms with Crippen LogP contribution in [0.5, 0.6) is 0 Å². The van der Waals surface area contributed by atoms with Gasteiger partial charge < -0.3 is 14.2 Å². The highest BCUT2D eigenvalue weighted by Gasteiger charge is 2.38. The predicted molar refractivity (Wildman–Crippen MR) is 228 cm³/mol. The van der Waals surface area contributed by atoms with Crippen molar-refractivity contribution in [3.8, 4) is 22.6 Å². The third-order valence-corrected chi connectivity index (χ3v) is 11.2. The van der Waals surface area contributed by atoms with Gasteiger partial charge in [0.25, 0.3) is 0 Å². The number of anilines is 5. The smallest absolute Gasteiger partial charge is 0.227 e. The zero-order valence-corrected chi connectivity index (χ0v) is 30.0. The van der Waals surface area contributed by atoms with Gasteiger partial charge in [-0.2, -0.15) is 0 Å². The fourth-order valence-electron chi connectivity index (χ4n) is 8.67. The van der Waals surface area contributed by atoms with Crippen LogP contribution < -0.4 is 9.80 Å². The third kappa shape index (κ3) is 5.18. The SMILES string of the molecule is C1=CC2c3ccc(N(c4ccc(-c5cccc6ccccc56)cc4)c4cccc5c4ccc4nc(-c6ccccc6)oc45)cc3N(c3ccccc3)C2C=C1. The molecule has 1 aliphatic carbocycles. The number of nitrogens with zero attached hydrogens (tertiary/aromatic N) is 3. The maximum Gasteiger partial charge on any atom is 0.227 e. The monoisotopic (exact) mass is 705 g/mol. The maximum atomic E-state index is 6.54. The van der Waals surface area contributed by atoms with Gasteiger partial charge in [0.15, 0.2) is 5.58 Å². The number of hydrogen-bond acceptors (Lipinski definition) is 4. The summed E-state index contributed by atoms with van der Waals surface area (Å²) in [7, 11) is 0. The van der Waals surface area contributed by atoms with Gasteiger partial charge in [0.1, 0.15) is 5.52 Å². The molecule has 260 valence electrons. The molecular weight excluding hydrogens is 671 g/mol. The van der Waals surface area contributed by atoms with Crippen LogP contribution in [0.4, 0.5) is 28.4 Å². The van der Waals surface area contributed by atoms with Crippen molar-refractivity contribution >= 4 is 61.1 Å². The van der Waals surface area contributed by atoms with Gasteiger partial charge in [-0.15, -0.1) is 0 Å².